The molecule has 0 aliphatic rings. The van der Waals surface area contributed by atoms with E-state index in [0.29, 0.717) is 5.56 Å². The summed E-state index contributed by atoms with van der Waals surface area (Å²) in [5, 5.41) is 0. The first-order valence-corrected chi connectivity index (χ1v) is 4.78. The van der Waals surface area contributed by atoms with E-state index in [1.807, 2.05) is 0 Å². The lowest BCUT2D eigenvalue weighted by molar-refractivity contribution is -0.138. The minimum atomic E-state index is -4.35. The molecule has 0 N–H and O–H groups in total. The largest absolute Gasteiger partial charge is 0.466 e. The highest BCUT2D eigenvalue weighted by molar-refractivity contribution is 5.86. The molecule has 0 fully saturated rings. The van der Waals surface area contributed by atoms with Crippen molar-refractivity contribution in [2.24, 2.45) is 0 Å². The zero-order valence-corrected chi connectivity index (χ0v) is 9.34. The maximum absolute atomic E-state index is 12.5. The fraction of sp³-hybridized carbons (Fsp3) is 0.250. The lowest BCUT2D eigenvalue weighted by Gasteiger charge is -2.10. The van der Waals surface area contributed by atoms with Crippen molar-refractivity contribution in [3.63, 3.8) is 0 Å². The third-order valence-corrected chi connectivity index (χ3v) is 2.17. The predicted octanol–water partition coefficient (Wildman–Crippen LogP) is 3.20. The Hall–Kier alpha value is -1.78. The Morgan fingerprint density at radius 2 is 2.00 bits per heavy atom. The Morgan fingerprint density at radius 1 is 1.35 bits per heavy atom. The van der Waals surface area contributed by atoms with Crippen LogP contribution in [0.5, 0.6) is 0 Å². The van der Waals surface area contributed by atoms with E-state index in [-0.39, 0.29) is 5.56 Å². The number of benzene rings is 1. The molecule has 2 nitrogen and oxygen atoms in total. The Morgan fingerprint density at radius 3 is 2.47 bits per heavy atom. The Labute approximate surface area is 96.7 Å². The molecule has 0 amide bonds. The minimum absolute atomic E-state index is 0.115. The zero-order chi connectivity index (χ0) is 13.1. The molecule has 0 bridgehead atoms. The van der Waals surface area contributed by atoms with Gasteiger partial charge in [0.05, 0.1) is 12.7 Å². The third-order valence-electron chi connectivity index (χ3n) is 2.17. The number of alkyl halides is 3. The third kappa shape index (κ3) is 3.62. The van der Waals surface area contributed by atoms with Crippen LogP contribution >= 0.6 is 0 Å². The highest BCUT2D eigenvalue weighted by atomic mass is 19.4. The molecule has 17 heavy (non-hydrogen) atoms. The first kappa shape index (κ1) is 13.3. The standard InChI is InChI=1S/C12H11F3O2/c1-8-7-9(4-6-11(16)17-2)3-5-10(8)12(13,14)15/h3-7H,1-2H3. The highest BCUT2D eigenvalue weighted by Gasteiger charge is 2.31. The van der Waals surface area contributed by atoms with Crippen LogP contribution in [-0.2, 0) is 15.7 Å². The molecule has 0 radical (unpaired) electrons. The topological polar surface area (TPSA) is 26.3 Å². The number of ether oxygens (including phenoxy) is 1. The molecule has 0 spiro atoms. The highest BCUT2D eigenvalue weighted by Crippen LogP contribution is 2.32. The summed E-state index contributed by atoms with van der Waals surface area (Å²) in [7, 11) is 1.23. The summed E-state index contributed by atoms with van der Waals surface area (Å²) in [6.07, 6.45) is -1.80. The average molecular weight is 244 g/mol. The number of carbonyl (C=O) groups excluding carboxylic acids is 1. The van der Waals surface area contributed by atoms with Crippen molar-refractivity contribution in [3.05, 3.63) is 41.0 Å². The van der Waals surface area contributed by atoms with Crippen LogP contribution in [0.2, 0.25) is 0 Å². The van der Waals surface area contributed by atoms with Gasteiger partial charge < -0.3 is 4.74 Å². The normalized spacial score (nSPS) is 11.8. The summed E-state index contributed by atoms with van der Waals surface area (Å²) in [6, 6.07) is 3.66. The molecule has 0 heterocycles. The first-order chi connectivity index (χ1) is 7.84. The number of hydrogen-bond donors (Lipinski definition) is 0. The number of carbonyl (C=O) groups is 1. The molecule has 1 aromatic rings. The van der Waals surface area contributed by atoms with Gasteiger partial charge in [-0.1, -0.05) is 12.1 Å². The smallest absolute Gasteiger partial charge is 0.416 e. The second-order valence-corrected chi connectivity index (χ2v) is 3.43. The van der Waals surface area contributed by atoms with Gasteiger partial charge in [0.25, 0.3) is 0 Å². The second kappa shape index (κ2) is 5.03. The van der Waals surface area contributed by atoms with E-state index < -0.39 is 17.7 Å². The van der Waals surface area contributed by atoms with Crippen LogP contribution in [0.25, 0.3) is 6.08 Å². The predicted molar refractivity (Wildman–Crippen MR) is 57.2 cm³/mol. The number of methoxy groups -OCH3 is 1. The van der Waals surface area contributed by atoms with Crippen molar-refractivity contribution in [1.29, 1.82) is 0 Å². The van der Waals surface area contributed by atoms with Gasteiger partial charge in [-0.15, -0.1) is 0 Å². The molecule has 5 heteroatoms. The van der Waals surface area contributed by atoms with Crippen LogP contribution in [0.4, 0.5) is 13.2 Å². The molecule has 0 aromatic heterocycles. The van der Waals surface area contributed by atoms with E-state index in [1.54, 1.807) is 0 Å². The van der Waals surface area contributed by atoms with Gasteiger partial charge >= 0.3 is 12.1 Å². The lowest BCUT2D eigenvalue weighted by atomic mass is 10.0. The number of aryl methyl sites for hydroxylation is 1. The van der Waals surface area contributed by atoms with Gasteiger partial charge in [0.2, 0.25) is 0 Å². The van der Waals surface area contributed by atoms with Crippen molar-refractivity contribution in [2.45, 2.75) is 13.1 Å². The van der Waals surface area contributed by atoms with Crippen molar-refractivity contribution in [1.82, 2.24) is 0 Å². The fourth-order valence-corrected chi connectivity index (χ4v) is 1.34. The van der Waals surface area contributed by atoms with Crippen LogP contribution in [0.15, 0.2) is 24.3 Å². The number of halogens is 3. The molecule has 0 saturated carbocycles. The van der Waals surface area contributed by atoms with E-state index in [2.05, 4.69) is 4.74 Å². The van der Waals surface area contributed by atoms with Crippen molar-refractivity contribution in [2.75, 3.05) is 7.11 Å². The summed E-state index contributed by atoms with van der Waals surface area (Å²) in [5.41, 5.74) is -0.0434. The number of hydrogen-bond acceptors (Lipinski definition) is 2. The summed E-state index contributed by atoms with van der Waals surface area (Å²) in [5.74, 6) is -0.553. The molecule has 0 saturated heterocycles. The Bertz CT molecular complexity index is 448. The lowest BCUT2D eigenvalue weighted by Crippen LogP contribution is -2.07. The fourth-order valence-electron chi connectivity index (χ4n) is 1.34. The molecule has 0 aliphatic heterocycles. The number of rotatable bonds is 2. The molecule has 0 aliphatic carbocycles. The zero-order valence-electron chi connectivity index (χ0n) is 9.34. The van der Waals surface area contributed by atoms with Gasteiger partial charge in [-0.05, 0) is 30.2 Å². The second-order valence-electron chi connectivity index (χ2n) is 3.43. The molecule has 92 valence electrons. The molecule has 0 atom stereocenters. The molecule has 0 unspecified atom stereocenters. The maximum Gasteiger partial charge on any atom is 0.416 e. The van der Waals surface area contributed by atoms with Crippen LogP contribution in [0.1, 0.15) is 16.7 Å². The summed E-state index contributed by atoms with van der Waals surface area (Å²) >= 11 is 0. The quantitative estimate of drug-likeness (QED) is 0.590. The van der Waals surface area contributed by atoms with Crippen LogP contribution in [-0.4, -0.2) is 13.1 Å². The molecule has 1 aromatic carbocycles. The summed E-state index contributed by atoms with van der Waals surface area (Å²) in [4.78, 5) is 10.8. The van der Waals surface area contributed by atoms with Crippen LogP contribution in [0, 0.1) is 6.92 Å². The monoisotopic (exact) mass is 244 g/mol. The SMILES string of the molecule is COC(=O)C=Cc1ccc(C(F)(F)F)c(C)c1. The van der Waals surface area contributed by atoms with Gasteiger partial charge in [0, 0.05) is 6.08 Å². The van der Waals surface area contributed by atoms with Crippen LogP contribution in [0.3, 0.4) is 0 Å². The van der Waals surface area contributed by atoms with E-state index in [1.165, 1.54) is 32.2 Å². The minimum Gasteiger partial charge on any atom is -0.466 e. The van der Waals surface area contributed by atoms with E-state index >= 15 is 0 Å². The summed E-state index contributed by atoms with van der Waals surface area (Å²) in [6.45, 7) is 1.37. The van der Waals surface area contributed by atoms with E-state index in [4.69, 9.17) is 0 Å². The molecule has 1 rings (SSSR count). The Kier molecular flexibility index (Phi) is 3.93. The van der Waals surface area contributed by atoms with Crippen molar-refractivity contribution < 1.29 is 22.7 Å². The van der Waals surface area contributed by atoms with Crippen LogP contribution < -0.4 is 0 Å². The van der Waals surface area contributed by atoms with E-state index in [0.717, 1.165) is 12.1 Å². The summed E-state index contributed by atoms with van der Waals surface area (Å²) < 4.78 is 41.7. The van der Waals surface area contributed by atoms with Gasteiger partial charge in [0.15, 0.2) is 0 Å². The number of esters is 1. The van der Waals surface area contributed by atoms with Gasteiger partial charge in [0.1, 0.15) is 0 Å². The van der Waals surface area contributed by atoms with Crippen molar-refractivity contribution >= 4 is 12.0 Å². The Balaban J connectivity index is 2.98. The molecular weight excluding hydrogens is 233 g/mol. The van der Waals surface area contributed by atoms with Gasteiger partial charge in [-0.3, -0.25) is 0 Å². The van der Waals surface area contributed by atoms with Gasteiger partial charge in [-0.25, -0.2) is 4.79 Å². The van der Waals surface area contributed by atoms with Gasteiger partial charge in [-0.2, -0.15) is 13.2 Å². The van der Waals surface area contributed by atoms with Crippen molar-refractivity contribution in [3.8, 4) is 0 Å². The first-order valence-electron chi connectivity index (χ1n) is 4.78. The van der Waals surface area contributed by atoms with E-state index in [9.17, 15) is 18.0 Å². The maximum atomic E-state index is 12.5. The average Bonchev–Trinajstić information content (AvgIpc) is 2.24. The molecular formula is C12H11F3O2.